The zero-order chi connectivity index (χ0) is 17.4. The molecule has 2 heterocycles. The standard InChI is InChI=1S/C20H18N2O2S/c1-12(2)13-7-9-14(10-8-13)25-11-17-21-18-15-5-3-4-6-16(15)24-19(18)20(23)22-17/h3-10,12H,11H2,1-2H3,(H,21,22,23). The lowest BCUT2D eigenvalue weighted by atomic mass is 10.0. The Morgan fingerprint density at radius 2 is 1.88 bits per heavy atom. The number of para-hydroxylation sites is 1. The number of hydrogen-bond donors (Lipinski definition) is 1. The van der Waals surface area contributed by atoms with Gasteiger partial charge in [0.2, 0.25) is 5.58 Å². The number of benzene rings is 2. The van der Waals surface area contributed by atoms with Crippen molar-refractivity contribution < 1.29 is 4.42 Å². The molecule has 1 N–H and O–H groups in total. The van der Waals surface area contributed by atoms with Crippen molar-refractivity contribution in [2.75, 3.05) is 0 Å². The number of hydrogen-bond acceptors (Lipinski definition) is 4. The van der Waals surface area contributed by atoms with E-state index in [1.807, 2.05) is 24.3 Å². The molecule has 0 aliphatic carbocycles. The Balaban J connectivity index is 1.63. The lowest BCUT2D eigenvalue weighted by Crippen LogP contribution is -2.10. The van der Waals surface area contributed by atoms with E-state index < -0.39 is 0 Å². The summed E-state index contributed by atoms with van der Waals surface area (Å²) in [6, 6.07) is 16.1. The van der Waals surface area contributed by atoms with E-state index in [1.54, 1.807) is 11.8 Å². The summed E-state index contributed by atoms with van der Waals surface area (Å²) >= 11 is 1.66. The molecule has 2 aromatic heterocycles. The molecule has 0 aliphatic rings. The predicted molar refractivity (Wildman–Crippen MR) is 102 cm³/mol. The number of fused-ring (bicyclic) bond motifs is 3. The molecular formula is C20H18N2O2S. The fraction of sp³-hybridized carbons (Fsp3) is 0.200. The van der Waals surface area contributed by atoms with Crippen LogP contribution in [-0.4, -0.2) is 9.97 Å². The summed E-state index contributed by atoms with van der Waals surface area (Å²) in [7, 11) is 0. The van der Waals surface area contributed by atoms with Crippen LogP contribution in [-0.2, 0) is 5.75 Å². The number of rotatable bonds is 4. The molecule has 126 valence electrons. The van der Waals surface area contributed by atoms with Crippen LogP contribution in [0.2, 0.25) is 0 Å². The molecule has 4 nitrogen and oxygen atoms in total. The molecule has 0 saturated heterocycles. The van der Waals surface area contributed by atoms with Crippen LogP contribution in [0.5, 0.6) is 0 Å². The maximum atomic E-state index is 12.3. The highest BCUT2D eigenvalue weighted by Gasteiger charge is 2.13. The first-order chi connectivity index (χ1) is 12.1. The van der Waals surface area contributed by atoms with Gasteiger partial charge in [-0.15, -0.1) is 11.8 Å². The minimum atomic E-state index is -0.230. The summed E-state index contributed by atoms with van der Waals surface area (Å²) in [5.41, 5.74) is 2.69. The van der Waals surface area contributed by atoms with Gasteiger partial charge in [-0.2, -0.15) is 0 Å². The Morgan fingerprint density at radius 1 is 1.12 bits per heavy atom. The van der Waals surface area contributed by atoms with Crippen LogP contribution in [0.3, 0.4) is 0 Å². The highest BCUT2D eigenvalue weighted by atomic mass is 32.2. The second-order valence-corrected chi connectivity index (χ2v) is 7.35. The van der Waals surface area contributed by atoms with Gasteiger partial charge in [0.25, 0.3) is 5.56 Å². The van der Waals surface area contributed by atoms with E-state index in [0.29, 0.717) is 28.6 Å². The van der Waals surface area contributed by atoms with Crippen LogP contribution in [0.25, 0.3) is 22.1 Å². The summed E-state index contributed by atoms with van der Waals surface area (Å²) < 4.78 is 5.62. The van der Waals surface area contributed by atoms with Gasteiger partial charge in [0.15, 0.2) is 0 Å². The first-order valence-electron chi connectivity index (χ1n) is 8.25. The van der Waals surface area contributed by atoms with Crippen LogP contribution in [0, 0.1) is 0 Å². The minimum absolute atomic E-state index is 0.230. The number of furan rings is 1. The molecule has 0 bridgehead atoms. The third kappa shape index (κ3) is 3.07. The van der Waals surface area contributed by atoms with Crippen molar-refractivity contribution in [3.63, 3.8) is 0 Å². The molecule has 0 amide bonds. The van der Waals surface area contributed by atoms with Gasteiger partial charge < -0.3 is 9.40 Å². The minimum Gasteiger partial charge on any atom is -0.449 e. The zero-order valence-corrected chi connectivity index (χ0v) is 14.9. The number of aromatic nitrogens is 2. The molecule has 0 spiro atoms. The van der Waals surface area contributed by atoms with Gasteiger partial charge in [-0.3, -0.25) is 4.79 Å². The van der Waals surface area contributed by atoms with Gasteiger partial charge in [0.1, 0.15) is 16.9 Å². The van der Waals surface area contributed by atoms with E-state index in [0.717, 1.165) is 10.3 Å². The van der Waals surface area contributed by atoms with Gasteiger partial charge >= 0.3 is 0 Å². The van der Waals surface area contributed by atoms with Crippen LogP contribution in [0.4, 0.5) is 0 Å². The first-order valence-corrected chi connectivity index (χ1v) is 9.23. The van der Waals surface area contributed by atoms with E-state index >= 15 is 0 Å². The Labute approximate surface area is 149 Å². The zero-order valence-electron chi connectivity index (χ0n) is 14.1. The Hall–Kier alpha value is -2.53. The van der Waals surface area contributed by atoms with Gasteiger partial charge in [0, 0.05) is 10.3 Å². The van der Waals surface area contributed by atoms with Crippen molar-refractivity contribution in [3.05, 3.63) is 70.3 Å². The molecule has 0 atom stereocenters. The van der Waals surface area contributed by atoms with Gasteiger partial charge in [-0.25, -0.2) is 4.98 Å². The third-order valence-corrected chi connectivity index (χ3v) is 5.23. The van der Waals surface area contributed by atoms with E-state index in [9.17, 15) is 4.79 Å². The van der Waals surface area contributed by atoms with E-state index in [2.05, 4.69) is 48.1 Å². The summed E-state index contributed by atoms with van der Waals surface area (Å²) in [5.74, 6) is 1.78. The summed E-state index contributed by atoms with van der Waals surface area (Å²) in [6.45, 7) is 4.36. The molecular weight excluding hydrogens is 332 g/mol. The van der Waals surface area contributed by atoms with Crippen LogP contribution in [0.15, 0.2) is 62.6 Å². The normalized spacial score (nSPS) is 11.6. The Kier molecular flexibility index (Phi) is 4.09. The monoisotopic (exact) mass is 350 g/mol. The average Bonchev–Trinajstić information content (AvgIpc) is 3.00. The van der Waals surface area contributed by atoms with Crippen molar-refractivity contribution in [1.82, 2.24) is 9.97 Å². The quantitative estimate of drug-likeness (QED) is 0.521. The maximum absolute atomic E-state index is 12.3. The summed E-state index contributed by atoms with van der Waals surface area (Å²) in [4.78, 5) is 20.9. The topological polar surface area (TPSA) is 58.9 Å². The predicted octanol–water partition coefficient (Wildman–Crippen LogP) is 5.09. The van der Waals surface area contributed by atoms with Crippen LogP contribution in [0.1, 0.15) is 31.2 Å². The van der Waals surface area contributed by atoms with E-state index in [-0.39, 0.29) is 11.1 Å². The van der Waals surface area contributed by atoms with Crippen molar-refractivity contribution in [1.29, 1.82) is 0 Å². The number of H-pyrrole nitrogens is 1. The van der Waals surface area contributed by atoms with Gasteiger partial charge in [-0.05, 0) is 35.7 Å². The number of nitrogens with one attached hydrogen (secondary N) is 1. The van der Waals surface area contributed by atoms with Gasteiger partial charge in [-0.1, -0.05) is 38.1 Å². The highest BCUT2D eigenvalue weighted by Crippen LogP contribution is 2.27. The van der Waals surface area contributed by atoms with Crippen LogP contribution >= 0.6 is 11.8 Å². The van der Waals surface area contributed by atoms with Crippen LogP contribution < -0.4 is 5.56 Å². The van der Waals surface area contributed by atoms with E-state index in [4.69, 9.17) is 4.42 Å². The van der Waals surface area contributed by atoms with Crippen molar-refractivity contribution in [3.8, 4) is 0 Å². The highest BCUT2D eigenvalue weighted by molar-refractivity contribution is 7.98. The molecule has 0 radical (unpaired) electrons. The van der Waals surface area contributed by atoms with Crippen molar-refractivity contribution >= 4 is 33.8 Å². The smallest absolute Gasteiger partial charge is 0.294 e. The Morgan fingerprint density at radius 3 is 2.64 bits per heavy atom. The number of thioether (sulfide) groups is 1. The summed E-state index contributed by atoms with van der Waals surface area (Å²) in [6.07, 6.45) is 0. The largest absolute Gasteiger partial charge is 0.449 e. The average molecular weight is 350 g/mol. The third-order valence-electron chi connectivity index (χ3n) is 4.20. The second-order valence-electron chi connectivity index (χ2n) is 6.30. The summed E-state index contributed by atoms with van der Waals surface area (Å²) in [5, 5.41) is 0.871. The lowest BCUT2D eigenvalue weighted by molar-refractivity contribution is 0.660. The lowest BCUT2D eigenvalue weighted by Gasteiger charge is -2.06. The number of aromatic amines is 1. The molecule has 0 saturated carbocycles. The van der Waals surface area contributed by atoms with Gasteiger partial charge in [0.05, 0.1) is 5.75 Å². The molecule has 4 aromatic rings. The molecule has 4 rings (SSSR count). The first kappa shape index (κ1) is 16.0. The Bertz CT molecular complexity index is 1090. The van der Waals surface area contributed by atoms with Crippen molar-refractivity contribution in [2.24, 2.45) is 0 Å². The van der Waals surface area contributed by atoms with E-state index in [1.165, 1.54) is 5.56 Å². The maximum Gasteiger partial charge on any atom is 0.294 e. The van der Waals surface area contributed by atoms with Crippen molar-refractivity contribution in [2.45, 2.75) is 30.4 Å². The fourth-order valence-corrected chi connectivity index (χ4v) is 3.59. The fourth-order valence-electron chi connectivity index (χ4n) is 2.82. The second kappa shape index (κ2) is 6.41. The molecule has 2 aromatic carbocycles. The molecule has 0 fully saturated rings. The molecule has 25 heavy (non-hydrogen) atoms. The number of nitrogens with zero attached hydrogens (tertiary/aromatic N) is 1. The molecule has 5 heteroatoms. The SMILES string of the molecule is CC(C)c1ccc(SCc2nc3c(oc4ccccc43)c(=O)[nH]2)cc1. The molecule has 0 aliphatic heterocycles. The molecule has 0 unspecified atom stereocenters.